The summed E-state index contributed by atoms with van der Waals surface area (Å²) in [5.74, 6) is -2.41. The van der Waals surface area contributed by atoms with Crippen LogP contribution in [0.1, 0.15) is 41.3 Å². The Kier molecular flexibility index (Phi) is 7.71. The number of carbonyl (C=O) groups excluding carboxylic acids is 3. The molecule has 0 aliphatic carbocycles. The third-order valence-corrected chi connectivity index (χ3v) is 9.55. The normalized spacial score (nSPS) is 22.5. The molecule has 6 nitrogen and oxygen atoms in total. The van der Waals surface area contributed by atoms with Gasteiger partial charge in [-0.15, -0.1) is 0 Å². The number of amides is 3. The molecule has 0 aromatic heterocycles. The highest BCUT2D eigenvalue weighted by atomic mass is 35.5. The van der Waals surface area contributed by atoms with E-state index in [1.54, 1.807) is 65.6 Å². The Bertz CT molecular complexity index is 1730. The van der Waals surface area contributed by atoms with E-state index in [2.05, 4.69) is 10.6 Å². The first-order valence-electron chi connectivity index (χ1n) is 14.0. The van der Waals surface area contributed by atoms with Crippen LogP contribution in [0.5, 0.6) is 0 Å². The molecule has 6 rings (SSSR count). The van der Waals surface area contributed by atoms with Gasteiger partial charge in [0.05, 0.1) is 21.7 Å². The Morgan fingerprint density at radius 3 is 2.23 bits per heavy atom. The number of ketones is 1. The molecule has 0 bridgehead atoms. The van der Waals surface area contributed by atoms with E-state index in [0.717, 1.165) is 5.56 Å². The number of nitrogens with zero attached hydrogens (tertiary/aromatic N) is 1. The lowest BCUT2D eigenvalue weighted by atomic mass is 9.68. The molecular formula is C34H28Cl3N3O3. The number of anilines is 2. The minimum atomic E-state index is -1.68. The molecule has 3 amide bonds. The molecule has 2 N–H and O–H groups in total. The summed E-state index contributed by atoms with van der Waals surface area (Å²) in [6, 6.07) is 27.2. The zero-order chi connectivity index (χ0) is 30.5. The van der Waals surface area contributed by atoms with Gasteiger partial charge in [0, 0.05) is 33.8 Å². The van der Waals surface area contributed by atoms with Crippen LogP contribution in [0, 0.1) is 11.8 Å². The standard InChI is InChI=1S/C34H28Cl3N3O3/c1-19(2)30-27(20-15-17-22(35)18-16-20)28(31(41)21-9-4-3-5-10-21)34(23-11-6-7-13-25(23)38-32(34)42)40(30)33(43)39-26-14-8-12-24(36)29(26)37/h3-19,27-28,30H,1-2H3,(H,38,42)(H,39,43). The predicted octanol–water partition coefficient (Wildman–Crippen LogP) is 8.65. The molecule has 43 heavy (non-hydrogen) atoms. The maximum atomic E-state index is 14.8. The first kappa shape index (κ1) is 29.2. The highest BCUT2D eigenvalue weighted by Crippen LogP contribution is 2.60. The minimum Gasteiger partial charge on any atom is -0.323 e. The second-order valence-corrected chi connectivity index (χ2v) is 12.4. The molecule has 4 unspecified atom stereocenters. The van der Waals surface area contributed by atoms with Gasteiger partial charge >= 0.3 is 6.03 Å². The van der Waals surface area contributed by atoms with Gasteiger partial charge in [-0.25, -0.2) is 4.79 Å². The van der Waals surface area contributed by atoms with E-state index in [1.165, 1.54) is 0 Å². The third-order valence-electron chi connectivity index (χ3n) is 8.48. The van der Waals surface area contributed by atoms with Gasteiger partial charge < -0.3 is 15.5 Å². The van der Waals surface area contributed by atoms with E-state index >= 15 is 0 Å². The minimum absolute atomic E-state index is 0.174. The number of urea groups is 1. The fraction of sp³-hybridized carbons (Fsp3) is 0.206. The SMILES string of the molecule is CC(C)C1C(c2ccc(Cl)cc2)C(C(=O)c2ccccc2)C2(C(=O)Nc3ccccc32)N1C(=O)Nc1cccc(Cl)c1Cl. The summed E-state index contributed by atoms with van der Waals surface area (Å²) in [6.45, 7) is 3.98. The summed E-state index contributed by atoms with van der Waals surface area (Å²) in [7, 11) is 0. The lowest BCUT2D eigenvalue weighted by Crippen LogP contribution is -2.58. The van der Waals surface area contributed by atoms with Crippen molar-refractivity contribution in [3.8, 4) is 0 Å². The van der Waals surface area contributed by atoms with Crippen LogP contribution in [-0.4, -0.2) is 28.7 Å². The average Bonchev–Trinajstić information content (AvgIpc) is 3.48. The lowest BCUT2D eigenvalue weighted by molar-refractivity contribution is -0.126. The van der Waals surface area contributed by atoms with E-state index in [1.807, 2.05) is 50.2 Å². The van der Waals surface area contributed by atoms with Crippen LogP contribution in [0.25, 0.3) is 0 Å². The molecule has 1 saturated heterocycles. The van der Waals surface area contributed by atoms with E-state index in [0.29, 0.717) is 27.5 Å². The van der Waals surface area contributed by atoms with Crippen molar-refractivity contribution in [2.75, 3.05) is 10.6 Å². The van der Waals surface area contributed by atoms with Crippen LogP contribution < -0.4 is 10.6 Å². The van der Waals surface area contributed by atoms with Gasteiger partial charge in [-0.2, -0.15) is 0 Å². The van der Waals surface area contributed by atoms with Gasteiger partial charge in [0.15, 0.2) is 11.3 Å². The van der Waals surface area contributed by atoms with Gasteiger partial charge in [-0.05, 0) is 41.8 Å². The van der Waals surface area contributed by atoms with Gasteiger partial charge in [-0.1, -0.05) is 115 Å². The zero-order valence-electron chi connectivity index (χ0n) is 23.4. The molecule has 2 aliphatic rings. The summed E-state index contributed by atoms with van der Waals surface area (Å²) < 4.78 is 0. The predicted molar refractivity (Wildman–Crippen MR) is 171 cm³/mol. The smallest absolute Gasteiger partial charge is 0.323 e. The number of fused-ring (bicyclic) bond motifs is 2. The highest BCUT2D eigenvalue weighted by molar-refractivity contribution is 6.44. The number of para-hydroxylation sites is 1. The number of carbonyl (C=O) groups is 3. The van der Waals surface area contributed by atoms with Crippen molar-refractivity contribution in [3.63, 3.8) is 0 Å². The van der Waals surface area contributed by atoms with Crippen molar-refractivity contribution in [1.29, 1.82) is 0 Å². The van der Waals surface area contributed by atoms with Crippen LogP contribution in [0.4, 0.5) is 16.2 Å². The van der Waals surface area contributed by atoms with E-state index in [4.69, 9.17) is 34.8 Å². The molecule has 4 aromatic carbocycles. The van der Waals surface area contributed by atoms with Crippen LogP contribution in [0.2, 0.25) is 15.1 Å². The maximum absolute atomic E-state index is 14.8. The Morgan fingerprint density at radius 2 is 1.53 bits per heavy atom. The molecule has 218 valence electrons. The molecule has 2 aliphatic heterocycles. The summed E-state index contributed by atoms with van der Waals surface area (Å²) in [5, 5.41) is 6.90. The Balaban J connectivity index is 1.65. The molecule has 0 radical (unpaired) electrons. The van der Waals surface area contributed by atoms with Gasteiger partial charge in [0.2, 0.25) is 0 Å². The Labute approximate surface area is 264 Å². The summed E-state index contributed by atoms with van der Waals surface area (Å²) in [4.78, 5) is 45.6. The third kappa shape index (κ3) is 4.69. The molecule has 4 aromatic rings. The van der Waals surface area contributed by atoms with Gasteiger partial charge in [0.25, 0.3) is 5.91 Å². The van der Waals surface area contributed by atoms with Crippen molar-refractivity contribution in [2.45, 2.75) is 31.3 Å². The van der Waals surface area contributed by atoms with Crippen LogP contribution in [0.15, 0.2) is 97.1 Å². The van der Waals surface area contributed by atoms with Crippen LogP contribution >= 0.6 is 34.8 Å². The molecular weight excluding hydrogens is 605 g/mol. The van der Waals surface area contributed by atoms with Gasteiger partial charge in [0.1, 0.15) is 0 Å². The average molecular weight is 633 g/mol. The second-order valence-electron chi connectivity index (χ2n) is 11.2. The number of Topliss-reactive ketones (excluding diaryl/α,β-unsaturated/α-hetero) is 1. The quantitative estimate of drug-likeness (QED) is 0.216. The fourth-order valence-electron chi connectivity index (χ4n) is 6.81. The van der Waals surface area contributed by atoms with Crippen LogP contribution in [-0.2, 0) is 10.3 Å². The van der Waals surface area contributed by atoms with Crippen molar-refractivity contribution in [2.24, 2.45) is 11.8 Å². The van der Waals surface area contributed by atoms with E-state index in [9.17, 15) is 14.4 Å². The molecule has 4 atom stereocenters. The molecule has 1 spiro atoms. The lowest BCUT2D eigenvalue weighted by Gasteiger charge is -2.40. The van der Waals surface area contributed by atoms with E-state index < -0.39 is 35.4 Å². The zero-order valence-corrected chi connectivity index (χ0v) is 25.6. The van der Waals surface area contributed by atoms with Crippen molar-refractivity contribution in [3.05, 3.63) is 129 Å². The summed E-state index contributed by atoms with van der Waals surface area (Å²) in [5.41, 5.74) is 0.970. The summed E-state index contributed by atoms with van der Waals surface area (Å²) in [6.07, 6.45) is 0. The Hall–Kier alpha value is -3.84. The fourth-order valence-corrected chi connectivity index (χ4v) is 7.28. The number of nitrogens with one attached hydrogen (secondary N) is 2. The number of likely N-dealkylation sites (tertiary alicyclic amines) is 1. The molecule has 1 fully saturated rings. The number of hydrogen-bond acceptors (Lipinski definition) is 3. The monoisotopic (exact) mass is 631 g/mol. The first-order chi connectivity index (χ1) is 20.7. The molecule has 9 heteroatoms. The Morgan fingerprint density at radius 1 is 0.860 bits per heavy atom. The topological polar surface area (TPSA) is 78.5 Å². The largest absolute Gasteiger partial charge is 0.323 e. The van der Waals surface area contributed by atoms with Gasteiger partial charge in [-0.3, -0.25) is 9.59 Å². The van der Waals surface area contributed by atoms with Crippen molar-refractivity contribution < 1.29 is 14.4 Å². The van der Waals surface area contributed by atoms with Crippen LogP contribution in [0.3, 0.4) is 0 Å². The summed E-state index contributed by atoms with van der Waals surface area (Å²) >= 11 is 19.1. The number of halogens is 3. The number of rotatable bonds is 5. The molecule has 0 saturated carbocycles. The first-order valence-corrected chi connectivity index (χ1v) is 15.1. The maximum Gasteiger partial charge on any atom is 0.323 e. The van der Waals surface area contributed by atoms with Crippen molar-refractivity contribution >= 4 is 63.9 Å². The second kappa shape index (κ2) is 11.3. The van der Waals surface area contributed by atoms with Crippen molar-refractivity contribution in [1.82, 2.24) is 4.90 Å². The number of hydrogen-bond donors (Lipinski definition) is 2. The number of benzene rings is 4. The highest BCUT2D eigenvalue weighted by Gasteiger charge is 2.70. The van der Waals surface area contributed by atoms with E-state index in [-0.39, 0.29) is 21.7 Å². The molecule has 2 heterocycles.